The van der Waals surface area contributed by atoms with E-state index in [2.05, 4.69) is 32.2 Å². The quantitative estimate of drug-likeness (QED) is 0.880. The van der Waals surface area contributed by atoms with Crippen molar-refractivity contribution >= 4 is 17.5 Å². The molecule has 142 valence electrons. The van der Waals surface area contributed by atoms with E-state index >= 15 is 0 Å². The number of benzene rings is 1. The largest absolute Gasteiger partial charge is 0.339 e. The molecule has 0 spiro atoms. The normalized spacial score (nSPS) is 29.1. The highest BCUT2D eigenvalue weighted by atomic mass is 16.2. The molecule has 1 aromatic carbocycles. The molecule has 1 N–H and O–H groups in total. The molecule has 0 bridgehead atoms. The third kappa shape index (κ3) is 3.65. The van der Waals surface area contributed by atoms with Crippen molar-refractivity contribution < 1.29 is 9.59 Å². The van der Waals surface area contributed by atoms with Crippen LogP contribution in [-0.4, -0.2) is 29.3 Å². The number of hydrogen-bond acceptors (Lipinski definition) is 2. The average molecular weight is 357 g/mol. The molecule has 1 saturated carbocycles. The Labute approximate surface area is 157 Å². The number of nitrogens with zero attached hydrogens (tertiary/aromatic N) is 1. The summed E-state index contributed by atoms with van der Waals surface area (Å²) in [5, 5.41) is 3.12. The van der Waals surface area contributed by atoms with Crippen LogP contribution < -0.4 is 5.32 Å². The molecular formula is C22H32N2O2. The molecular weight excluding hydrogens is 324 g/mol. The maximum Gasteiger partial charge on any atom is 0.229 e. The zero-order valence-corrected chi connectivity index (χ0v) is 16.5. The third-order valence-electron chi connectivity index (χ3n) is 6.58. The molecule has 1 aliphatic carbocycles. The summed E-state index contributed by atoms with van der Waals surface area (Å²) in [6.07, 6.45) is 4.72. The van der Waals surface area contributed by atoms with Crippen molar-refractivity contribution in [3.63, 3.8) is 0 Å². The molecule has 4 atom stereocenters. The smallest absolute Gasteiger partial charge is 0.229 e. The third-order valence-corrected chi connectivity index (χ3v) is 6.58. The van der Waals surface area contributed by atoms with Crippen molar-refractivity contribution in [2.24, 2.45) is 17.8 Å². The first kappa shape index (κ1) is 18.9. The molecule has 0 unspecified atom stereocenters. The monoisotopic (exact) mass is 356 g/mol. The van der Waals surface area contributed by atoms with Crippen LogP contribution in [-0.2, 0) is 16.0 Å². The van der Waals surface area contributed by atoms with Crippen molar-refractivity contribution in [2.45, 2.75) is 65.8 Å². The summed E-state index contributed by atoms with van der Waals surface area (Å²) >= 11 is 0. The minimum atomic E-state index is -0.240. The van der Waals surface area contributed by atoms with Gasteiger partial charge in [-0.3, -0.25) is 9.59 Å². The SMILES string of the molecule is CCc1cccc(C)c1NC(=O)[C@H]1CC(=O)N([C@H]2CCC[C@H](C)[C@@H]2C)C1. The fourth-order valence-corrected chi connectivity index (χ4v) is 4.65. The van der Waals surface area contributed by atoms with E-state index in [-0.39, 0.29) is 17.7 Å². The number of carbonyl (C=O) groups is 2. The highest BCUT2D eigenvalue weighted by Crippen LogP contribution is 2.36. The van der Waals surface area contributed by atoms with Crippen molar-refractivity contribution in [3.05, 3.63) is 29.3 Å². The summed E-state index contributed by atoms with van der Waals surface area (Å²) in [7, 11) is 0. The molecule has 2 amide bonds. The Kier molecular flexibility index (Phi) is 5.69. The zero-order chi connectivity index (χ0) is 18.8. The van der Waals surface area contributed by atoms with E-state index in [1.54, 1.807) is 0 Å². The maximum atomic E-state index is 12.9. The maximum absolute atomic E-state index is 12.9. The Morgan fingerprint density at radius 2 is 2.04 bits per heavy atom. The molecule has 26 heavy (non-hydrogen) atoms. The second kappa shape index (κ2) is 7.81. The summed E-state index contributed by atoms with van der Waals surface area (Å²) in [4.78, 5) is 27.5. The van der Waals surface area contributed by atoms with Gasteiger partial charge >= 0.3 is 0 Å². The number of para-hydroxylation sites is 1. The lowest BCUT2D eigenvalue weighted by Gasteiger charge is -2.40. The summed E-state index contributed by atoms with van der Waals surface area (Å²) in [5.74, 6) is 1.06. The van der Waals surface area contributed by atoms with Crippen LogP contribution in [0.5, 0.6) is 0 Å². The highest BCUT2D eigenvalue weighted by molar-refractivity contribution is 5.98. The number of likely N-dealkylation sites (tertiary alicyclic amines) is 1. The molecule has 1 heterocycles. The Balaban J connectivity index is 1.70. The lowest BCUT2D eigenvalue weighted by atomic mass is 9.77. The van der Waals surface area contributed by atoms with E-state index in [0.29, 0.717) is 30.8 Å². The van der Waals surface area contributed by atoms with Gasteiger partial charge in [-0.1, -0.05) is 51.8 Å². The first-order valence-corrected chi connectivity index (χ1v) is 10.1. The average Bonchev–Trinajstić information content (AvgIpc) is 3.00. The second-order valence-corrected chi connectivity index (χ2v) is 8.23. The van der Waals surface area contributed by atoms with Crippen LogP contribution in [0.25, 0.3) is 0 Å². The van der Waals surface area contributed by atoms with Gasteiger partial charge in [0.05, 0.1) is 5.92 Å². The van der Waals surface area contributed by atoms with Gasteiger partial charge in [0.25, 0.3) is 0 Å². The van der Waals surface area contributed by atoms with Crippen LogP contribution in [0.3, 0.4) is 0 Å². The lowest BCUT2D eigenvalue weighted by molar-refractivity contribution is -0.131. The van der Waals surface area contributed by atoms with Gasteiger partial charge in [0.2, 0.25) is 11.8 Å². The fraction of sp³-hybridized carbons (Fsp3) is 0.636. The summed E-state index contributed by atoms with van der Waals surface area (Å²) < 4.78 is 0. The van der Waals surface area contributed by atoms with Crippen molar-refractivity contribution in [1.82, 2.24) is 4.90 Å². The van der Waals surface area contributed by atoms with Crippen LogP contribution in [0.4, 0.5) is 5.69 Å². The lowest BCUT2D eigenvalue weighted by Crippen LogP contribution is -2.45. The Hall–Kier alpha value is -1.84. The molecule has 1 saturated heterocycles. The number of anilines is 1. The zero-order valence-electron chi connectivity index (χ0n) is 16.5. The number of hydrogen-bond donors (Lipinski definition) is 1. The molecule has 2 fully saturated rings. The highest BCUT2D eigenvalue weighted by Gasteiger charge is 2.41. The standard InChI is InChI=1S/C22H32N2O2/c1-5-17-10-6-9-15(3)21(17)23-22(26)18-12-20(25)24(13-18)19-11-7-8-14(2)16(19)4/h6,9-10,14,16,18-19H,5,7-8,11-13H2,1-4H3,(H,23,26)/t14-,16-,18-,19-/m0/s1. The Morgan fingerprint density at radius 1 is 1.27 bits per heavy atom. The topological polar surface area (TPSA) is 49.4 Å². The van der Waals surface area contributed by atoms with Crippen LogP contribution in [0.1, 0.15) is 57.6 Å². The van der Waals surface area contributed by atoms with E-state index in [1.165, 1.54) is 12.8 Å². The van der Waals surface area contributed by atoms with E-state index < -0.39 is 0 Å². The van der Waals surface area contributed by atoms with E-state index in [0.717, 1.165) is 29.7 Å². The van der Waals surface area contributed by atoms with Gasteiger partial charge in [0.1, 0.15) is 0 Å². The Morgan fingerprint density at radius 3 is 2.77 bits per heavy atom. The van der Waals surface area contributed by atoms with Crippen LogP contribution >= 0.6 is 0 Å². The molecule has 3 rings (SSSR count). The van der Waals surface area contributed by atoms with Crippen LogP contribution in [0, 0.1) is 24.7 Å². The molecule has 2 aliphatic rings. The molecule has 1 aromatic rings. The second-order valence-electron chi connectivity index (χ2n) is 8.23. The molecule has 4 nitrogen and oxygen atoms in total. The number of carbonyl (C=O) groups excluding carboxylic acids is 2. The minimum absolute atomic E-state index is 0.0126. The predicted octanol–water partition coefficient (Wildman–Crippen LogP) is 4.17. The van der Waals surface area contributed by atoms with Gasteiger partial charge in [0.15, 0.2) is 0 Å². The number of nitrogens with one attached hydrogen (secondary N) is 1. The van der Waals surface area contributed by atoms with Gasteiger partial charge in [0, 0.05) is 24.7 Å². The molecule has 1 aliphatic heterocycles. The fourth-order valence-electron chi connectivity index (χ4n) is 4.65. The summed E-state index contributed by atoms with van der Waals surface area (Å²) in [5.41, 5.74) is 3.15. The number of amides is 2. The van der Waals surface area contributed by atoms with E-state index in [9.17, 15) is 9.59 Å². The van der Waals surface area contributed by atoms with Gasteiger partial charge in [-0.25, -0.2) is 0 Å². The van der Waals surface area contributed by atoms with Crippen molar-refractivity contribution in [1.29, 1.82) is 0 Å². The molecule has 0 radical (unpaired) electrons. The van der Waals surface area contributed by atoms with Gasteiger partial charge in [-0.05, 0) is 42.7 Å². The molecule has 4 heteroatoms. The molecule has 0 aromatic heterocycles. The van der Waals surface area contributed by atoms with Crippen LogP contribution in [0.2, 0.25) is 0 Å². The van der Waals surface area contributed by atoms with Gasteiger partial charge in [-0.15, -0.1) is 0 Å². The van der Waals surface area contributed by atoms with E-state index in [1.807, 2.05) is 24.0 Å². The Bertz CT molecular complexity index is 685. The minimum Gasteiger partial charge on any atom is -0.339 e. The predicted molar refractivity (Wildman–Crippen MR) is 105 cm³/mol. The van der Waals surface area contributed by atoms with Crippen molar-refractivity contribution in [2.75, 3.05) is 11.9 Å². The van der Waals surface area contributed by atoms with Gasteiger partial charge < -0.3 is 10.2 Å². The first-order valence-electron chi connectivity index (χ1n) is 10.1. The van der Waals surface area contributed by atoms with E-state index in [4.69, 9.17) is 0 Å². The summed E-state index contributed by atoms with van der Waals surface area (Å²) in [6.45, 7) is 9.23. The van der Waals surface area contributed by atoms with Crippen molar-refractivity contribution in [3.8, 4) is 0 Å². The number of rotatable bonds is 4. The van der Waals surface area contributed by atoms with Crippen LogP contribution in [0.15, 0.2) is 18.2 Å². The van der Waals surface area contributed by atoms with Gasteiger partial charge in [-0.2, -0.15) is 0 Å². The number of aryl methyl sites for hydroxylation is 2. The summed E-state index contributed by atoms with van der Waals surface area (Å²) in [6, 6.07) is 6.40. The first-order chi connectivity index (χ1) is 12.4.